The number of hydrogen-bond donors (Lipinski definition) is 2. The molecule has 0 aliphatic carbocycles. The van der Waals surface area contributed by atoms with E-state index in [-0.39, 0.29) is 13.0 Å². The third-order valence-electron chi connectivity index (χ3n) is 2.67. The molecule has 106 valence electrons. The maximum atomic E-state index is 10.9. The van der Waals surface area contributed by atoms with Crippen LogP contribution in [-0.2, 0) is 9.59 Å². The summed E-state index contributed by atoms with van der Waals surface area (Å²) in [6.45, 7) is 4.03. The van der Waals surface area contributed by atoms with Crippen molar-refractivity contribution < 1.29 is 24.3 Å². The molecule has 1 aromatic rings. The lowest BCUT2D eigenvalue weighted by molar-refractivity contribution is -0.141. The van der Waals surface area contributed by atoms with Crippen molar-refractivity contribution in [2.45, 2.75) is 26.7 Å². The maximum Gasteiger partial charge on any atom is 0.308 e. The zero-order valence-electron chi connectivity index (χ0n) is 11.0. The molecule has 0 saturated carbocycles. The summed E-state index contributed by atoms with van der Waals surface area (Å²) in [5.74, 6) is -1.18. The minimum absolute atomic E-state index is 0.0365. The molecule has 0 aliphatic rings. The Morgan fingerprint density at radius 2 is 2.16 bits per heavy atom. The second-order valence-corrected chi connectivity index (χ2v) is 4.48. The summed E-state index contributed by atoms with van der Waals surface area (Å²) in [6, 6.07) is 1.70. The van der Waals surface area contributed by atoms with Crippen LogP contribution in [0.5, 0.6) is 0 Å². The fourth-order valence-corrected chi connectivity index (χ4v) is 1.63. The van der Waals surface area contributed by atoms with Gasteiger partial charge in [0.1, 0.15) is 5.76 Å². The molecule has 1 rings (SSSR count). The first-order valence-corrected chi connectivity index (χ1v) is 6.03. The first-order valence-electron chi connectivity index (χ1n) is 6.03. The van der Waals surface area contributed by atoms with E-state index >= 15 is 0 Å². The van der Waals surface area contributed by atoms with Gasteiger partial charge in [-0.3, -0.25) is 9.59 Å². The zero-order chi connectivity index (χ0) is 14.4. The van der Waals surface area contributed by atoms with Crippen LogP contribution in [0.2, 0.25) is 0 Å². The van der Waals surface area contributed by atoms with Gasteiger partial charge in [0.2, 0.25) is 0 Å². The van der Waals surface area contributed by atoms with Crippen molar-refractivity contribution in [3.63, 3.8) is 0 Å². The Labute approximate surface area is 110 Å². The molecule has 7 heteroatoms. The second kappa shape index (κ2) is 6.77. The van der Waals surface area contributed by atoms with E-state index in [0.29, 0.717) is 24.5 Å². The summed E-state index contributed by atoms with van der Waals surface area (Å²) >= 11 is 0. The van der Waals surface area contributed by atoms with Gasteiger partial charge in [-0.1, -0.05) is 12.1 Å². The lowest BCUT2D eigenvalue weighted by Crippen LogP contribution is -2.33. The van der Waals surface area contributed by atoms with Crippen LogP contribution in [0.3, 0.4) is 0 Å². The third kappa shape index (κ3) is 4.99. The Morgan fingerprint density at radius 1 is 1.47 bits per heavy atom. The van der Waals surface area contributed by atoms with Crippen molar-refractivity contribution in [3.05, 3.63) is 11.8 Å². The highest BCUT2D eigenvalue weighted by Gasteiger charge is 2.19. The largest absolute Gasteiger partial charge is 0.481 e. The van der Waals surface area contributed by atoms with Crippen LogP contribution in [0.25, 0.3) is 0 Å². The standard InChI is InChI=1S/C12H18N2O5/c1-8(12(17)18)7-14(5-3-4-11(15)16)10-6-9(2)19-13-10/h6,8H,3-5,7H2,1-2H3,(H,15,16)(H,17,18). The zero-order valence-corrected chi connectivity index (χ0v) is 11.0. The normalized spacial score (nSPS) is 12.1. The van der Waals surface area contributed by atoms with Crippen LogP contribution in [0, 0.1) is 12.8 Å². The van der Waals surface area contributed by atoms with E-state index in [1.54, 1.807) is 24.8 Å². The molecular formula is C12H18N2O5. The molecule has 0 bridgehead atoms. The van der Waals surface area contributed by atoms with Crippen LogP contribution in [0.4, 0.5) is 5.82 Å². The van der Waals surface area contributed by atoms with Gasteiger partial charge in [0.05, 0.1) is 5.92 Å². The van der Waals surface area contributed by atoms with Gasteiger partial charge in [-0.2, -0.15) is 0 Å². The molecular weight excluding hydrogens is 252 g/mol. The van der Waals surface area contributed by atoms with Crippen molar-refractivity contribution in [2.24, 2.45) is 5.92 Å². The molecule has 2 N–H and O–H groups in total. The number of hydrogen-bond acceptors (Lipinski definition) is 5. The Hall–Kier alpha value is -2.05. The number of anilines is 1. The predicted octanol–water partition coefficient (Wildman–Crippen LogP) is 1.37. The SMILES string of the molecule is Cc1cc(N(CCCC(=O)O)CC(C)C(=O)O)no1. The monoisotopic (exact) mass is 270 g/mol. The number of carboxylic acids is 2. The molecule has 0 spiro atoms. The molecule has 1 atom stereocenters. The number of aliphatic carboxylic acids is 2. The first kappa shape index (κ1) is 15.0. The van der Waals surface area contributed by atoms with Gasteiger partial charge in [-0.25, -0.2) is 0 Å². The van der Waals surface area contributed by atoms with Gasteiger partial charge in [0, 0.05) is 25.6 Å². The van der Waals surface area contributed by atoms with Crippen LogP contribution >= 0.6 is 0 Å². The Morgan fingerprint density at radius 3 is 2.63 bits per heavy atom. The highest BCUT2D eigenvalue weighted by atomic mass is 16.5. The van der Waals surface area contributed by atoms with Crippen LogP contribution in [0.1, 0.15) is 25.5 Å². The quantitative estimate of drug-likeness (QED) is 0.735. The number of nitrogens with zero attached hydrogens (tertiary/aromatic N) is 2. The number of carboxylic acid groups (broad SMARTS) is 2. The van der Waals surface area contributed by atoms with Crippen molar-refractivity contribution >= 4 is 17.8 Å². The van der Waals surface area contributed by atoms with E-state index in [9.17, 15) is 9.59 Å². The highest BCUT2D eigenvalue weighted by Crippen LogP contribution is 2.16. The van der Waals surface area contributed by atoms with E-state index in [4.69, 9.17) is 14.7 Å². The smallest absolute Gasteiger partial charge is 0.308 e. The average Bonchev–Trinajstić information content (AvgIpc) is 2.73. The number of aromatic nitrogens is 1. The lowest BCUT2D eigenvalue weighted by atomic mass is 10.1. The molecule has 0 saturated heterocycles. The Bertz CT molecular complexity index is 443. The summed E-state index contributed by atoms with van der Waals surface area (Å²) < 4.78 is 4.96. The molecule has 1 heterocycles. The van der Waals surface area contributed by atoms with Gasteiger partial charge in [-0.15, -0.1) is 0 Å². The molecule has 1 aromatic heterocycles. The summed E-state index contributed by atoms with van der Waals surface area (Å²) in [7, 11) is 0. The summed E-state index contributed by atoms with van der Waals surface area (Å²) in [5.41, 5.74) is 0. The van der Waals surface area contributed by atoms with Gasteiger partial charge < -0.3 is 19.6 Å². The van der Waals surface area contributed by atoms with Crippen molar-refractivity contribution in [1.82, 2.24) is 5.16 Å². The van der Waals surface area contributed by atoms with Gasteiger partial charge in [-0.05, 0) is 13.3 Å². The van der Waals surface area contributed by atoms with Crippen LogP contribution in [-0.4, -0.2) is 40.4 Å². The van der Waals surface area contributed by atoms with E-state index in [2.05, 4.69) is 5.16 Å². The molecule has 7 nitrogen and oxygen atoms in total. The van der Waals surface area contributed by atoms with Crippen molar-refractivity contribution in [3.8, 4) is 0 Å². The molecule has 0 aliphatic heterocycles. The van der Waals surface area contributed by atoms with Crippen molar-refractivity contribution in [2.75, 3.05) is 18.0 Å². The minimum atomic E-state index is -0.900. The van der Waals surface area contributed by atoms with Crippen LogP contribution < -0.4 is 4.90 Å². The first-order chi connectivity index (χ1) is 8.90. The highest BCUT2D eigenvalue weighted by molar-refractivity contribution is 5.70. The number of aryl methyl sites for hydroxylation is 1. The molecule has 0 amide bonds. The van der Waals surface area contributed by atoms with Gasteiger partial charge in [0.15, 0.2) is 5.82 Å². The number of rotatable bonds is 8. The second-order valence-electron chi connectivity index (χ2n) is 4.48. The van der Waals surface area contributed by atoms with Gasteiger partial charge >= 0.3 is 11.9 Å². The fourth-order valence-electron chi connectivity index (χ4n) is 1.63. The van der Waals surface area contributed by atoms with Crippen molar-refractivity contribution in [1.29, 1.82) is 0 Å². The summed E-state index contributed by atoms with van der Waals surface area (Å²) in [5, 5.41) is 21.4. The van der Waals surface area contributed by atoms with Gasteiger partial charge in [0.25, 0.3) is 0 Å². The van der Waals surface area contributed by atoms with Crippen LogP contribution in [0.15, 0.2) is 10.6 Å². The fraction of sp³-hybridized carbons (Fsp3) is 0.583. The Kier molecular flexibility index (Phi) is 5.35. The average molecular weight is 270 g/mol. The van der Waals surface area contributed by atoms with E-state index in [1.807, 2.05) is 0 Å². The topological polar surface area (TPSA) is 104 Å². The molecule has 19 heavy (non-hydrogen) atoms. The van der Waals surface area contributed by atoms with E-state index in [1.165, 1.54) is 0 Å². The predicted molar refractivity (Wildman–Crippen MR) is 67.1 cm³/mol. The maximum absolute atomic E-state index is 10.9. The summed E-state index contributed by atoms with van der Waals surface area (Å²) in [6.07, 6.45) is 0.461. The molecule has 0 radical (unpaired) electrons. The lowest BCUT2D eigenvalue weighted by Gasteiger charge is -2.23. The molecule has 0 fully saturated rings. The minimum Gasteiger partial charge on any atom is -0.481 e. The third-order valence-corrected chi connectivity index (χ3v) is 2.67. The van der Waals surface area contributed by atoms with E-state index < -0.39 is 17.9 Å². The Balaban J connectivity index is 2.67. The molecule has 0 aromatic carbocycles. The molecule has 1 unspecified atom stereocenters. The number of carbonyl (C=O) groups is 2. The van der Waals surface area contributed by atoms with E-state index in [0.717, 1.165) is 0 Å². The summed E-state index contributed by atoms with van der Waals surface area (Å²) in [4.78, 5) is 23.1.